The van der Waals surface area contributed by atoms with Crippen molar-refractivity contribution in [1.29, 1.82) is 0 Å². The molecule has 1 N–H and O–H groups in total. The van der Waals surface area contributed by atoms with Crippen molar-refractivity contribution in [3.05, 3.63) is 54.9 Å². The average Bonchev–Trinajstić information content (AvgIpc) is 2.31. The molecule has 1 aromatic carbocycles. The van der Waals surface area contributed by atoms with Crippen molar-refractivity contribution in [3.8, 4) is 11.5 Å². The van der Waals surface area contributed by atoms with Gasteiger partial charge in [-0.3, -0.25) is 4.98 Å². The minimum atomic E-state index is -1.34. The minimum absolute atomic E-state index is 0.450. The fraction of sp³-hybridized carbons (Fsp3) is 0. The molecule has 0 fully saturated rings. The number of para-hydroxylation sites is 1. The van der Waals surface area contributed by atoms with Crippen LogP contribution < -0.4 is 9.31 Å². The predicted molar refractivity (Wildman–Crippen MR) is 59.9 cm³/mol. The van der Waals surface area contributed by atoms with E-state index in [1.54, 1.807) is 30.5 Å². The Morgan fingerprint density at radius 2 is 1.62 bits per heavy atom. The Morgan fingerprint density at radius 3 is 2.31 bits per heavy atom. The summed E-state index contributed by atoms with van der Waals surface area (Å²) in [6.45, 7) is 0. The van der Waals surface area contributed by atoms with Crippen LogP contribution in [0.4, 0.5) is 0 Å². The highest BCUT2D eigenvalue weighted by atomic mass is 16.7. The van der Waals surface area contributed by atoms with E-state index >= 15 is 0 Å². The summed E-state index contributed by atoms with van der Waals surface area (Å²) in [7, 11) is -1.34. The van der Waals surface area contributed by atoms with Crippen molar-refractivity contribution < 1.29 is 14.3 Å². The van der Waals surface area contributed by atoms with Gasteiger partial charge in [-0.05, 0) is 24.3 Å². The zero-order valence-electron chi connectivity index (χ0n) is 8.48. The molecule has 2 rings (SSSR count). The van der Waals surface area contributed by atoms with Gasteiger partial charge in [-0.1, -0.05) is 18.2 Å². The van der Waals surface area contributed by atoms with Crippen molar-refractivity contribution in [2.45, 2.75) is 0 Å². The van der Waals surface area contributed by atoms with Crippen LogP contribution in [-0.4, -0.2) is 17.3 Å². The largest absolute Gasteiger partial charge is 0.785 e. The molecular formula is C11H10BNO3. The number of hydrogen-bond acceptors (Lipinski definition) is 4. The maximum Gasteiger partial charge on any atom is 0.785 e. The lowest BCUT2D eigenvalue weighted by Gasteiger charge is -2.10. The zero-order chi connectivity index (χ0) is 11.2. The molecule has 1 heterocycles. The standard InChI is InChI=1S/C11H10BNO3/c14-12(15-10-5-2-1-3-6-10)16-11-7-4-8-13-9-11/h1-9,14H. The van der Waals surface area contributed by atoms with Crippen molar-refractivity contribution in [2.24, 2.45) is 0 Å². The molecular weight excluding hydrogens is 205 g/mol. The first-order valence-electron chi connectivity index (χ1n) is 4.81. The van der Waals surface area contributed by atoms with Gasteiger partial charge in [0.15, 0.2) is 0 Å². The number of pyridine rings is 1. The van der Waals surface area contributed by atoms with Gasteiger partial charge >= 0.3 is 7.32 Å². The van der Waals surface area contributed by atoms with Gasteiger partial charge in [0.05, 0.1) is 6.20 Å². The van der Waals surface area contributed by atoms with E-state index in [1.165, 1.54) is 6.20 Å². The predicted octanol–water partition coefficient (Wildman–Crippen LogP) is 1.52. The maximum absolute atomic E-state index is 9.48. The van der Waals surface area contributed by atoms with Gasteiger partial charge in [0.2, 0.25) is 0 Å². The van der Waals surface area contributed by atoms with E-state index in [1.807, 2.05) is 18.2 Å². The highest BCUT2D eigenvalue weighted by Gasteiger charge is 2.20. The summed E-state index contributed by atoms with van der Waals surface area (Å²) >= 11 is 0. The second kappa shape index (κ2) is 5.18. The van der Waals surface area contributed by atoms with Gasteiger partial charge < -0.3 is 14.3 Å². The molecule has 0 bridgehead atoms. The highest BCUT2D eigenvalue weighted by molar-refractivity contribution is 6.36. The van der Waals surface area contributed by atoms with Gasteiger partial charge in [-0.25, -0.2) is 0 Å². The molecule has 0 saturated heterocycles. The zero-order valence-corrected chi connectivity index (χ0v) is 8.48. The first-order valence-corrected chi connectivity index (χ1v) is 4.81. The van der Waals surface area contributed by atoms with Crippen LogP contribution in [0.1, 0.15) is 0 Å². The van der Waals surface area contributed by atoms with E-state index in [9.17, 15) is 5.02 Å². The molecule has 2 aromatic rings. The Bertz CT molecular complexity index is 382. The summed E-state index contributed by atoms with van der Waals surface area (Å²) in [4.78, 5) is 3.85. The summed E-state index contributed by atoms with van der Waals surface area (Å²) in [5, 5.41) is 9.48. The van der Waals surface area contributed by atoms with Gasteiger partial charge in [0.25, 0.3) is 0 Å². The molecule has 0 spiro atoms. The number of benzene rings is 1. The Morgan fingerprint density at radius 1 is 0.938 bits per heavy atom. The van der Waals surface area contributed by atoms with Gasteiger partial charge in [0.1, 0.15) is 11.5 Å². The molecule has 0 atom stereocenters. The van der Waals surface area contributed by atoms with Crippen LogP contribution in [0.15, 0.2) is 54.9 Å². The quantitative estimate of drug-likeness (QED) is 0.785. The molecule has 0 unspecified atom stereocenters. The van der Waals surface area contributed by atoms with E-state index in [4.69, 9.17) is 9.31 Å². The van der Waals surface area contributed by atoms with Crippen molar-refractivity contribution in [3.63, 3.8) is 0 Å². The third kappa shape index (κ3) is 3.00. The lowest BCUT2D eigenvalue weighted by molar-refractivity contribution is 0.297. The number of hydrogen-bond donors (Lipinski definition) is 1. The Labute approximate surface area is 93.7 Å². The Balaban J connectivity index is 1.92. The molecule has 4 nitrogen and oxygen atoms in total. The van der Waals surface area contributed by atoms with Crippen LogP contribution in [0, 0.1) is 0 Å². The second-order valence-electron chi connectivity index (χ2n) is 3.04. The number of rotatable bonds is 4. The highest BCUT2D eigenvalue weighted by Crippen LogP contribution is 2.11. The average molecular weight is 215 g/mol. The molecule has 0 amide bonds. The van der Waals surface area contributed by atoms with Crippen molar-refractivity contribution in [2.75, 3.05) is 0 Å². The first-order chi connectivity index (χ1) is 7.84. The van der Waals surface area contributed by atoms with Crippen LogP contribution in [0.5, 0.6) is 11.5 Å². The first kappa shape index (κ1) is 10.5. The smallest absolute Gasteiger partial charge is 0.501 e. The van der Waals surface area contributed by atoms with Crippen molar-refractivity contribution >= 4 is 7.32 Å². The lowest BCUT2D eigenvalue weighted by Crippen LogP contribution is -2.29. The summed E-state index contributed by atoms with van der Waals surface area (Å²) in [6.07, 6.45) is 3.12. The molecule has 0 aliphatic rings. The third-order valence-electron chi connectivity index (χ3n) is 1.85. The molecule has 0 aliphatic carbocycles. The Kier molecular flexibility index (Phi) is 3.40. The van der Waals surface area contributed by atoms with Crippen LogP contribution in [-0.2, 0) is 0 Å². The second-order valence-corrected chi connectivity index (χ2v) is 3.04. The topological polar surface area (TPSA) is 51.6 Å². The van der Waals surface area contributed by atoms with E-state index < -0.39 is 7.32 Å². The normalized spacial score (nSPS) is 9.56. The molecule has 16 heavy (non-hydrogen) atoms. The van der Waals surface area contributed by atoms with Gasteiger partial charge in [-0.15, -0.1) is 0 Å². The number of nitrogens with zero attached hydrogens (tertiary/aromatic N) is 1. The third-order valence-corrected chi connectivity index (χ3v) is 1.85. The van der Waals surface area contributed by atoms with Crippen LogP contribution >= 0.6 is 0 Å². The van der Waals surface area contributed by atoms with Gasteiger partial charge in [0, 0.05) is 6.20 Å². The van der Waals surface area contributed by atoms with Crippen LogP contribution in [0.2, 0.25) is 0 Å². The van der Waals surface area contributed by atoms with Gasteiger partial charge in [-0.2, -0.15) is 0 Å². The number of aromatic nitrogens is 1. The molecule has 5 heteroatoms. The summed E-state index contributed by atoms with van der Waals surface area (Å²) < 4.78 is 10.2. The van der Waals surface area contributed by atoms with Crippen LogP contribution in [0.3, 0.4) is 0 Å². The van der Waals surface area contributed by atoms with E-state index in [2.05, 4.69) is 4.98 Å². The summed E-state index contributed by atoms with van der Waals surface area (Å²) in [5.74, 6) is 0.991. The molecule has 80 valence electrons. The fourth-order valence-corrected chi connectivity index (χ4v) is 1.17. The summed E-state index contributed by atoms with van der Waals surface area (Å²) in [6, 6.07) is 12.3. The van der Waals surface area contributed by atoms with Crippen molar-refractivity contribution in [1.82, 2.24) is 4.98 Å². The maximum atomic E-state index is 9.48. The van der Waals surface area contributed by atoms with E-state index in [0.717, 1.165) is 0 Å². The minimum Gasteiger partial charge on any atom is -0.501 e. The monoisotopic (exact) mass is 215 g/mol. The van der Waals surface area contributed by atoms with E-state index in [0.29, 0.717) is 11.5 Å². The van der Waals surface area contributed by atoms with E-state index in [-0.39, 0.29) is 0 Å². The molecule has 0 radical (unpaired) electrons. The fourth-order valence-electron chi connectivity index (χ4n) is 1.17. The molecule has 0 aliphatic heterocycles. The Hall–Kier alpha value is -2.01. The SMILES string of the molecule is OB(Oc1ccccc1)Oc1cccnc1. The molecule has 0 saturated carbocycles. The molecule has 1 aromatic heterocycles. The van der Waals surface area contributed by atoms with Crippen LogP contribution in [0.25, 0.3) is 0 Å². The lowest BCUT2D eigenvalue weighted by atomic mass is 10.2. The summed E-state index contributed by atoms with van der Waals surface area (Å²) in [5.41, 5.74) is 0.